The number of nitrogens with one attached hydrogen (secondary N) is 1. The van der Waals surface area contributed by atoms with E-state index in [2.05, 4.69) is 4.72 Å². The van der Waals surface area contributed by atoms with E-state index in [9.17, 15) is 13.2 Å². The van der Waals surface area contributed by atoms with Crippen molar-refractivity contribution in [1.29, 1.82) is 0 Å². The van der Waals surface area contributed by atoms with Crippen LogP contribution in [-0.4, -0.2) is 45.4 Å². The highest BCUT2D eigenvalue weighted by atomic mass is 32.2. The van der Waals surface area contributed by atoms with Gasteiger partial charge in [0.2, 0.25) is 10.0 Å². The summed E-state index contributed by atoms with van der Waals surface area (Å²) in [5, 5.41) is 8.42. The van der Waals surface area contributed by atoms with Crippen molar-refractivity contribution in [2.24, 2.45) is 0 Å². The first-order valence-electron chi connectivity index (χ1n) is 5.86. The largest absolute Gasteiger partial charge is 0.480 e. The molecule has 0 saturated carbocycles. The zero-order valence-electron chi connectivity index (χ0n) is 10.7. The van der Waals surface area contributed by atoms with Crippen LogP contribution in [0.25, 0.3) is 0 Å². The van der Waals surface area contributed by atoms with Gasteiger partial charge in [-0.25, -0.2) is 13.1 Å². The van der Waals surface area contributed by atoms with Crippen LogP contribution in [0.1, 0.15) is 6.42 Å². The number of carboxylic acid groups (broad SMARTS) is 1. The minimum atomic E-state index is -3.71. The summed E-state index contributed by atoms with van der Waals surface area (Å²) in [6, 6.07) is 9.73. The Morgan fingerprint density at radius 2 is 1.95 bits per heavy atom. The maximum absolute atomic E-state index is 11.3. The average Bonchev–Trinajstić information content (AvgIpc) is 2.34. The molecule has 106 valence electrons. The van der Waals surface area contributed by atoms with Crippen molar-refractivity contribution in [1.82, 2.24) is 4.72 Å². The standard InChI is InChI=1S/C12H18N2O4S/c1-14(11-6-3-2-4-7-11)9-5-8-13-19(17,18)10-12(15)16/h2-4,6-7,13H,5,8-10H2,1H3,(H,15,16). The van der Waals surface area contributed by atoms with Gasteiger partial charge in [0.25, 0.3) is 0 Å². The first kappa shape index (κ1) is 15.5. The SMILES string of the molecule is CN(CCCNS(=O)(=O)CC(=O)O)c1ccccc1. The highest BCUT2D eigenvalue weighted by Crippen LogP contribution is 2.10. The quantitative estimate of drug-likeness (QED) is 0.680. The Bertz CT molecular complexity index is 502. The molecule has 0 radical (unpaired) electrons. The molecular weight excluding hydrogens is 268 g/mol. The van der Waals surface area contributed by atoms with Crippen LogP contribution < -0.4 is 9.62 Å². The second-order valence-corrected chi connectivity index (χ2v) is 5.96. The summed E-state index contributed by atoms with van der Waals surface area (Å²) in [4.78, 5) is 12.3. The molecule has 0 bridgehead atoms. The highest BCUT2D eigenvalue weighted by molar-refractivity contribution is 7.90. The lowest BCUT2D eigenvalue weighted by Gasteiger charge is -2.19. The van der Waals surface area contributed by atoms with Gasteiger partial charge in [0.15, 0.2) is 5.75 Å². The Kier molecular flexibility index (Phi) is 5.78. The molecule has 0 heterocycles. The van der Waals surface area contributed by atoms with Gasteiger partial charge in [0.1, 0.15) is 0 Å². The molecule has 0 aliphatic carbocycles. The van der Waals surface area contributed by atoms with Crippen LogP contribution >= 0.6 is 0 Å². The lowest BCUT2D eigenvalue weighted by Crippen LogP contribution is -2.32. The maximum Gasteiger partial charge on any atom is 0.320 e. The number of rotatable bonds is 8. The van der Waals surface area contributed by atoms with Crippen LogP contribution in [0.2, 0.25) is 0 Å². The van der Waals surface area contributed by atoms with Crippen molar-refractivity contribution in [3.63, 3.8) is 0 Å². The van der Waals surface area contributed by atoms with E-state index in [-0.39, 0.29) is 6.54 Å². The van der Waals surface area contributed by atoms with Crippen LogP contribution in [0, 0.1) is 0 Å². The van der Waals surface area contributed by atoms with Gasteiger partial charge in [-0.3, -0.25) is 4.79 Å². The fourth-order valence-electron chi connectivity index (χ4n) is 1.57. The van der Waals surface area contributed by atoms with E-state index < -0.39 is 21.7 Å². The minimum Gasteiger partial charge on any atom is -0.480 e. The summed E-state index contributed by atoms with van der Waals surface area (Å²) in [5.41, 5.74) is 1.05. The number of carboxylic acids is 1. The summed E-state index contributed by atoms with van der Waals surface area (Å²) in [6.45, 7) is 0.909. The third-order valence-electron chi connectivity index (χ3n) is 2.50. The molecule has 0 aliphatic rings. The fraction of sp³-hybridized carbons (Fsp3) is 0.417. The molecule has 1 rings (SSSR count). The zero-order chi connectivity index (χ0) is 14.3. The van der Waals surface area contributed by atoms with E-state index in [0.717, 1.165) is 5.69 Å². The zero-order valence-corrected chi connectivity index (χ0v) is 11.6. The Morgan fingerprint density at radius 1 is 1.32 bits per heavy atom. The van der Waals surface area contributed by atoms with Crippen molar-refractivity contribution in [2.75, 3.05) is 30.8 Å². The Morgan fingerprint density at radius 3 is 2.53 bits per heavy atom. The molecule has 0 aromatic heterocycles. The van der Waals surface area contributed by atoms with E-state index in [1.807, 2.05) is 42.3 Å². The summed E-state index contributed by atoms with van der Waals surface area (Å²) in [5.74, 6) is -2.24. The van der Waals surface area contributed by atoms with Crippen molar-refractivity contribution in [3.8, 4) is 0 Å². The number of benzene rings is 1. The molecule has 2 N–H and O–H groups in total. The molecule has 0 atom stereocenters. The number of nitrogens with zero attached hydrogens (tertiary/aromatic N) is 1. The number of anilines is 1. The molecule has 7 heteroatoms. The van der Waals surface area contributed by atoms with Gasteiger partial charge in [-0.15, -0.1) is 0 Å². The topological polar surface area (TPSA) is 86.7 Å². The van der Waals surface area contributed by atoms with E-state index in [4.69, 9.17) is 5.11 Å². The molecular formula is C12H18N2O4S. The van der Waals surface area contributed by atoms with Crippen LogP contribution in [0.4, 0.5) is 5.69 Å². The predicted octanol–water partition coefficient (Wildman–Crippen LogP) is 0.517. The van der Waals surface area contributed by atoms with Crippen molar-refractivity contribution in [2.45, 2.75) is 6.42 Å². The molecule has 6 nitrogen and oxygen atoms in total. The van der Waals surface area contributed by atoms with E-state index in [1.54, 1.807) is 0 Å². The van der Waals surface area contributed by atoms with Crippen LogP contribution in [0.5, 0.6) is 0 Å². The lowest BCUT2D eigenvalue weighted by molar-refractivity contribution is -0.134. The molecule has 0 saturated heterocycles. The number of aliphatic carboxylic acids is 1. The van der Waals surface area contributed by atoms with Gasteiger partial charge in [-0.05, 0) is 18.6 Å². The third-order valence-corrected chi connectivity index (χ3v) is 3.77. The van der Waals surface area contributed by atoms with Gasteiger partial charge >= 0.3 is 5.97 Å². The normalized spacial score (nSPS) is 11.2. The number of carbonyl (C=O) groups is 1. The average molecular weight is 286 g/mol. The molecule has 0 spiro atoms. The van der Waals surface area contributed by atoms with Gasteiger partial charge in [-0.1, -0.05) is 18.2 Å². The Labute approximate surface area is 113 Å². The lowest BCUT2D eigenvalue weighted by atomic mass is 10.3. The Hall–Kier alpha value is -1.60. The van der Waals surface area contributed by atoms with Gasteiger partial charge in [0, 0.05) is 25.8 Å². The first-order chi connectivity index (χ1) is 8.91. The number of hydrogen-bond acceptors (Lipinski definition) is 4. The number of para-hydroxylation sites is 1. The highest BCUT2D eigenvalue weighted by Gasteiger charge is 2.14. The molecule has 1 aromatic rings. The summed E-state index contributed by atoms with van der Waals surface area (Å²) < 4.78 is 24.8. The Balaban J connectivity index is 2.30. The van der Waals surface area contributed by atoms with E-state index in [1.165, 1.54) is 0 Å². The maximum atomic E-state index is 11.3. The first-order valence-corrected chi connectivity index (χ1v) is 7.51. The molecule has 0 amide bonds. The summed E-state index contributed by atoms with van der Waals surface area (Å²) in [7, 11) is -1.79. The van der Waals surface area contributed by atoms with Crippen molar-refractivity contribution in [3.05, 3.63) is 30.3 Å². The molecule has 0 unspecified atom stereocenters. The number of hydrogen-bond donors (Lipinski definition) is 2. The van der Waals surface area contributed by atoms with Crippen molar-refractivity contribution < 1.29 is 18.3 Å². The fourth-order valence-corrected chi connectivity index (χ4v) is 2.45. The predicted molar refractivity (Wildman–Crippen MR) is 73.8 cm³/mol. The summed E-state index contributed by atoms with van der Waals surface area (Å²) >= 11 is 0. The molecule has 1 aromatic carbocycles. The second kappa shape index (κ2) is 7.10. The number of sulfonamides is 1. The third kappa shape index (κ3) is 6.21. The minimum absolute atomic E-state index is 0.229. The van der Waals surface area contributed by atoms with Crippen molar-refractivity contribution >= 4 is 21.7 Å². The smallest absolute Gasteiger partial charge is 0.320 e. The second-order valence-electron chi connectivity index (χ2n) is 4.16. The van der Waals surface area contributed by atoms with E-state index >= 15 is 0 Å². The molecule has 19 heavy (non-hydrogen) atoms. The van der Waals surface area contributed by atoms with Gasteiger partial charge < -0.3 is 10.0 Å². The van der Waals surface area contributed by atoms with Crippen LogP contribution in [0.3, 0.4) is 0 Å². The molecule has 0 fully saturated rings. The summed E-state index contributed by atoms with van der Waals surface area (Å²) in [6.07, 6.45) is 0.601. The van der Waals surface area contributed by atoms with Gasteiger partial charge in [-0.2, -0.15) is 0 Å². The van der Waals surface area contributed by atoms with Crippen LogP contribution in [0.15, 0.2) is 30.3 Å². The van der Waals surface area contributed by atoms with Crippen LogP contribution in [-0.2, 0) is 14.8 Å². The monoisotopic (exact) mass is 286 g/mol. The molecule has 0 aliphatic heterocycles. The van der Waals surface area contributed by atoms with E-state index in [0.29, 0.717) is 13.0 Å². The van der Waals surface area contributed by atoms with Gasteiger partial charge in [0.05, 0.1) is 0 Å².